The van der Waals surface area contributed by atoms with E-state index in [0.29, 0.717) is 23.2 Å². The van der Waals surface area contributed by atoms with Gasteiger partial charge in [-0.1, -0.05) is 200 Å². The van der Waals surface area contributed by atoms with E-state index in [4.69, 9.17) is 21.5 Å². The molecule has 278 valence electrons. The van der Waals surface area contributed by atoms with Gasteiger partial charge in [-0.05, 0) is 83.6 Å². The molecule has 0 unspecified atom stereocenters. The molecule has 1 aromatic heterocycles. The summed E-state index contributed by atoms with van der Waals surface area (Å²) in [6, 6.07) is 71.3. The van der Waals surface area contributed by atoms with Crippen molar-refractivity contribution in [2.75, 3.05) is 0 Å². The van der Waals surface area contributed by atoms with Crippen LogP contribution in [0.4, 0.5) is 5.69 Å². The Kier molecular flexibility index (Phi) is 8.50. The molecule has 60 heavy (non-hydrogen) atoms. The van der Waals surface area contributed by atoms with E-state index in [1.165, 1.54) is 38.6 Å². The highest BCUT2D eigenvalue weighted by Gasteiger charge is 2.24. The molecular formula is C56H34N4. The Balaban J connectivity index is 1.02. The van der Waals surface area contributed by atoms with Crippen molar-refractivity contribution in [1.82, 2.24) is 15.0 Å². The highest BCUT2D eigenvalue weighted by molar-refractivity contribution is 6.19. The Morgan fingerprint density at radius 2 is 0.683 bits per heavy atom. The third-order valence-corrected chi connectivity index (χ3v) is 11.6. The van der Waals surface area contributed by atoms with Crippen molar-refractivity contribution in [3.8, 4) is 101 Å². The molecule has 0 N–H and O–H groups in total. The van der Waals surface area contributed by atoms with Gasteiger partial charge >= 0.3 is 0 Å². The fraction of sp³-hybridized carbons (Fsp3) is 0. The average Bonchev–Trinajstić information content (AvgIpc) is 3.66. The summed E-state index contributed by atoms with van der Waals surface area (Å²) in [4.78, 5) is 19.2. The van der Waals surface area contributed by atoms with Crippen LogP contribution in [0.25, 0.3) is 117 Å². The Morgan fingerprint density at radius 3 is 1.27 bits per heavy atom. The molecule has 0 radical (unpaired) electrons. The second kappa shape index (κ2) is 14.6. The van der Waals surface area contributed by atoms with Crippen LogP contribution >= 0.6 is 0 Å². The molecule has 1 aliphatic carbocycles. The van der Waals surface area contributed by atoms with Gasteiger partial charge in [0.15, 0.2) is 23.2 Å². The van der Waals surface area contributed by atoms with E-state index >= 15 is 0 Å². The first kappa shape index (κ1) is 34.9. The quantitative estimate of drug-likeness (QED) is 0.152. The van der Waals surface area contributed by atoms with Crippen LogP contribution in [0.1, 0.15) is 0 Å². The van der Waals surface area contributed by atoms with Crippen LogP contribution in [0.15, 0.2) is 206 Å². The first-order chi connectivity index (χ1) is 29.7. The number of fused-ring (bicyclic) bond motifs is 3. The summed E-state index contributed by atoms with van der Waals surface area (Å²) >= 11 is 0. The standard InChI is InChI=1S/C56H34N4/c1-57-52-35-38(39-21-8-9-22-40(39)46-33-34-50-44-26-13-12-25-43(44)48-29-16-30-49(46)53(48)50)31-32-47(52)42-24-11-10-23-41(42)45-27-14-15-28-51(45)56-59-54(36-17-4-2-5-18-36)58-55(60-56)37-19-6-3-7-20-37/h2-35H. The number of aromatic nitrogens is 3. The highest BCUT2D eigenvalue weighted by Crippen LogP contribution is 2.50. The average molecular weight is 763 g/mol. The van der Waals surface area contributed by atoms with Gasteiger partial charge in [-0.25, -0.2) is 19.8 Å². The molecule has 0 atom stereocenters. The van der Waals surface area contributed by atoms with Gasteiger partial charge in [-0.3, -0.25) is 0 Å². The van der Waals surface area contributed by atoms with Gasteiger partial charge in [0.2, 0.25) is 0 Å². The van der Waals surface area contributed by atoms with Gasteiger partial charge in [0, 0.05) is 16.7 Å². The topological polar surface area (TPSA) is 43.0 Å². The molecule has 10 aromatic rings. The van der Waals surface area contributed by atoms with E-state index in [2.05, 4.69) is 120 Å². The fourth-order valence-electron chi connectivity index (χ4n) is 8.83. The van der Waals surface area contributed by atoms with Crippen molar-refractivity contribution in [2.45, 2.75) is 0 Å². The Labute approximate surface area is 348 Å². The molecule has 0 fully saturated rings. The van der Waals surface area contributed by atoms with Crippen LogP contribution in [0.5, 0.6) is 0 Å². The third kappa shape index (κ3) is 5.88. The van der Waals surface area contributed by atoms with Gasteiger partial charge in [0.25, 0.3) is 0 Å². The summed E-state index contributed by atoms with van der Waals surface area (Å²) in [6.45, 7) is 8.50. The first-order valence-electron chi connectivity index (χ1n) is 20.1. The molecular weight excluding hydrogens is 729 g/mol. The molecule has 0 aliphatic heterocycles. The summed E-state index contributed by atoms with van der Waals surface area (Å²) < 4.78 is 0. The molecule has 0 saturated carbocycles. The largest absolute Gasteiger partial charge is 0.237 e. The van der Waals surface area contributed by atoms with Gasteiger partial charge in [0.1, 0.15) is 0 Å². The minimum absolute atomic E-state index is 0.581. The lowest BCUT2D eigenvalue weighted by atomic mass is 9.87. The lowest BCUT2D eigenvalue weighted by Crippen LogP contribution is -2.01. The summed E-state index contributed by atoms with van der Waals surface area (Å²) in [5, 5.41) is 2.53. The Hall–Kier alpha value is -8.26. The summed E-state index contributed by atoms with van der Waals surface area (Å²) in [6.07, 6.45) is 0. The third-order valence-electron chi connectivity index (χ3n) is 11.6. The van der Waals surface area contributed by atoms with Crippen molar-refractivity contribution in [2.24, 2.45) is 0 Å². The molecule has 11 rings (SSSR count). The zero-order valence-electron chi connectivity index (χ0n) is 32.4. The number of rotatable bonds is 7. The minimum Gasteiger partial charge on any atom is -0.237 e. The van der Waals surface area contributed by atoms with Gasteiger partial charge in [-0.2, -0.15) is 0 Å². The minimum atomic E-state index is 0.581. The van der Waals surface area contributed by atoms with Crippen LogP contribution in [-0.4, -0.2) is 15.0 Å². The van der Waals surface area contributed by atoms with E-state index in [1.54, 1.807) is 0 Å². The smallest absolute Gasteiger partial charge is 0.195 e. The maximum absolute atomic E-state index is 8.50. The molecule has 4 nitrogen and oxygen atoms in total. The molecule has 0 bridgehead atoms. The highest BCUT2D eigenvalue weighted by atomic mass is 15.0. The lowest BCUT2D eigenvalue weighted by molar-refractivity contribution is 1.07. The fourth-order valence-corrected chi connectivity index (χ4v) is 8.83. The van der Waals surface area contributed by atoms with Gasteiger partial charge in [-0.15, -0.1) is 0 Å². The van der Waals surface area contributed by atoms with E-state index in [1.807, 2.05) is 91.0 Å². The zero-order valence-corrected chi connectivity index (χ0v) is 32.4. The molecule has 1 aliphatic rings. The molecule has 0 spiro atoms. The van der Waals surface area contributed by atoms with E-state index in [-0.39, 0.29) is 0 Å². The van der Waals surface area contributed by atoms with Crippen molar-refractivity contribution in [1.29, 1.82) is 0 Å². The maximum Gasteiger partial charge on any atom is 0.195 e. The molecule has 9 aromatic carbocycles. The summed E-state index contributed by atoms with van der Waals surface area (Å²) in [5.74, 6) is 1.80. The Bertz CT molecular complexity index is 3240. The molecule has 0 amide bonds. The predicted octanol–water partition coefficient (Wildman–Crippen LogP) is 14.9. The van der Waals surface area contributed by atoms with Gasteiger partial charge in [0.05, 0.1) is 6.57 Å². The van der Waals surface area contributed by atoms with Crippen LogP contribution in [0.3, 0.4) is 0 Å². The van der Waals surface area contributed by atoms with Crippen molar-refractivity contribution >= 4 is 16.5 Å². The number of nitrogens with zero attached hydrogens (tertiary/aromatic N) is 4. The van der Waals surface area contributed by atoms with E-state index < -0.39 is 0 Å². The second-order valence-electron chi connectivity index (χ2n) is 15.0. The van der Waals surface area contributed by atoms with Crippen LogP contribution in [0.2, 0.25) is 0 Å². The van der Waals surface area contributed by atoms with Crippen molar-refractivity contribution < 1.29 is 0 Å². The van der Waals surface area contributed by atoms with E-state index in [9.17, 15) is 0 Å². The van der Waals surface area contributed by atoms with E-state index in [0.717, 1.165) is 55.6 Å². The second-order valence-corrected chi connectivity index (χ2v) is 15.0. The number of hydrogen-bond acceptors (Lipinski definition) is 3. The Morgan fingerprint density at radius 1 is 0.283 bits per heavy atom. The van der Waals surface area contributed by atoms with Crippen LogP contribution in [0, 0.1) is 6.57 Å². The predicted molar refractivity (Wildman–Crippen MR) is 246 cm³/mol. The van der Waals surface area contributed by atoms with Crippen molar-refractivity contribution in [3.63, 3.8) is 0 Å². The lowest BCUT2D eigenvalue weighted by Gasteiger charge is -2.17. The SMILES string of the molecule is [C-]#[N+]c1cc(-c2ccccc2-c2ccc3c4c(cccc24)-c2ccccc2-3)ccc1-c1ccccc1-c1ccccc1-c1nc(-c2ccccc2)nc(-c2ccccc2)n1. The van der Waals surface area contributed by atoms with Crippen LogP contribution < -0.4 is 0 Å². The zero-order chi connectivity index (χ0) is 40.0. The monoisotopic (exact) mass is 762 g/mol. The first-order valence-corrected chi connectivity index (χ1v) is 20.1. The molecule has 4 heteroatoms. The van der Waals surface area contributed by atoms with Gasteiger partial charge < -0.3 is 0 Å². The molecule has 0 saturated heterocycles. The normalized spacial score (nSPS) is 11.3. The summed E-state index contributed by atoms with van der Waals surface area (Å²) in [5.41, 5.74) is 16.6. The maximum atomic E-state index is 8.50. The summed E-state index contributed by atoms with van der Waals surface area (Å²) in [7, 11) is 0. The number of benzene rings is 9. The molecule has 1 heterocycles. The number of hydrogen-bond donors (Lipinski definition) is 0. The van der Waals surface area contributed by atoms with Crippen molar-refractivity contribution in [3.05, 3.63) is 218 Å². The van der Waals surface area contributed by atoms with Crippen LogP contribution in [-0.2, 0) is 0 Å².